The highest BCUT2D eigenvalue weighted by molar-refractivity contribution is 5.38. The van der Waals surface area contributed by atoms with Gasteiger partial charge in [-0.05, 0) is 45.0 Å². The normalized spacial score (nSPS) is 28.8. The number of likely N-dealkylation sites (tertiary alicyclic amines) is 1. The summed E-state index contributed by atoms with van der Waals surface area (Å²) in [6.07, 6.45) is 3.47. The summed E-state index contributed by atoms with van der Waals surface area (Å²) in [5.41, 5.74) is 7.15. The Kier molecular flexibility index (Phi) is 3.66. The smallest absolute Gasteiger partial charge is 0.151 e. The molecule has 5 nitrogen and oxygen atoms in total. The first-order chi connectivity index (χ1) is 9.22. The molecule has 0 saturated carbocycles. The molecule has 1 aromatic rings. The lowest BCUT2D eigenvalue weighted by Gasteiger charge is -2.31. The molecule has 0 spiro atoms. The number of rotatable bonds is 2. The quantitative estimate of drug-likeness (QED) is 0.854. The minimum absolute atomic E-state index is 0.277. The van der Waals surface area contributed by atoms with Crippen molar-refractivity contribution in [1.29, 1.82) is 0 Å². The van der Waals surface area contributed by atoms with Crippen LogP contribution in [0.25, 0.3) is 0 Å². The molecule has 0 aliphatic carbocycles. The topological polar surface area (TPSA) is 58.3 Å². The minimum Gasteiger partial charge on any atom is -0.354 e. The van der Waals surface area contributed by atoms with Gasteiger partial charge in [-0.3, -0.25) is 0 Å². The second-order valence-corrected chi connectivity index (χ2v) is 5.91. The van der Waals surface area contributed by atoms with E-state index in [0.29, 0.717) is 5.92 Å². The highest BCUT2D eigenvalue weighted by atomic mass is 15.3. The van der Waals surface area contributed by atoms with Crippen LogP contribution in [-0.2, 0) is 0 Å². The Hall–Kier alpha value is -1.20. The number of hydrogen-bond acceptors (Lipinski definition) is 5. The molecule has 19 heavy (non-hydrogen) atoms. The van der Waals surface area contributed by atoms with E-state index in [1.165, 1.54) is 6.42 Å². The van der Waals surface area contributed by atoms with Gasteiger partial charge in [0, 0.05) is 31.6 Å². The molecular weight excluding hydrogens is 238 g/mol. The number of piperidine rings is 1. The molecule has 0 aromatic carbocycles. The van der Waals surface area contributed by atoms with Crippen LogP contribution in [0, 0.1) is 0 Å². The van der Waals surface area contributed by atoms with E-state index in [1.807, 2.05) is 0 Å². The van der Waals surface area contributed by atoms with Crippen molar-refractivity contribution in [2.75, 3.05) is 38.1 Å². The molecule has 0 amide bonds. The minimum atomic E-state index is 0.277. The lowest BCUT2D eigenvalue weighted by molar-refractivity contribution is 0.410. The summed E-state index contributed by atoms with van der Waals surface area (Å²) in [6.45, 7) is 4.21. The molecular formula is C14H23N5. The lowest BCUT2D eigenvalue weighted by Crippen LogP contribution is -2.43. The highest BCUT2D eigenvalue weighted by Crippen LogP contribution is 2.25. The second kappa shape index (κ2) is 5.43. The van der Waals surface area contributed by atoms with Gasteiger partial charge >= 0.3 is 0 Å². The van der Waals surface area contributed by atoms with Crippen LogP contribution < -0.4 is 10.6 Å². The van der Waals surface area contributed by atoms with Gasteiger partial charge in [0.25, 0.3) is 0 Å². The molecule has 3 rings (SSSR count). The standard InChI is InChI=1S/C14H23N5/c1-18-8-6-11(9-18)13-4-5-14(17-16-13)19-7-2-3-12(15)10-19/h4-5,11-12H,2-3,6-10,15H2,1H3. The van der Waals surface area contributed by atoms with Gasteiger partial charge in [-0.25, -0.2) is 0 Å². The van der Waals surface area contributed by atoms with Crippen LogP contribution in [0.4, 0.5) is 5.82 Å². The van der Waals surface area contributed by atoms with Gasteiger partial charge in [0.2, 0.25) is 0 Å². The molecule has 2 saturated heterocycles. The van der Waals surface area contributed by atoms with E-state index >= 15 is 0 Å². The fourth-order valence-corrected chi connectivity index (χ4v) is 3.12. The van der Waals surface area contributed by atoms with Crippen LogP contribution in [0.2, 0.25) is 0 Å². The maximum Gasteiger partial charge on any atom is 0.151 e. The Morgan fingerprint density at radius 3 is 2.68 bits per heavy atom. The monoisotopic (exact) mass is 261 g/mol. The molecule has 2 N–H and O–H groups in total. The second-order valence-electron chi connectivity index (χ2n) is 5.91. The van der Waals surface area contributed by atoms with Crippen LogP contribution >= 0.6 is 0 Å². The third-order valence-corrected chi connectivity index (χ3v) is 4.26. The zero-order valence-electron chi connectivity index (χ0n) is 11.6. The third kappa shape index (κ3) is 2.87. The van der Waals surface area contributed by atoms with Crippen molar-refractivity contribution in [1.82, 2.24) is 15.1 Å². The molecule has 2 aliphatic heterocycles. The van der Waals surface area contributed by atoms with Crippen LogP contribution in [0.15, 0.2) is 12.1 Å². The van der Waals surface area contributed by atoms with Crippen molar-refractivity contribution in [3.63, 3.8) is 0 Å². The van der Waals surface area contributed by atoms with Gasteiger partial charge in [-0.2, -0.15) is 5.10 Å². The number of likely N-dealkylation sites (N-methyl/N-ethyl adjacent to an activating group) is 1. The maximum atomic E-state index is 6.01. The van der Waals surface area contributed by atoms with Crippen LogP contribution in [0.1, 0.15) is 30.9 Å². The van der Waals surface area contributed by atoms with Crippen molar-refractivity contribution >= 4 is 5.82 Å². The third-order valence-electron chi connectivity index (χ3n) is 4.26. The van der Waals surface area contributed by atoms with Gasteiger partial charge in [0.05, 0.1) is 5.69 Å². The first-order valence-corrected chi connectivity index (χ1v) is 7.25. The average Bonchev–Trinajstić information content (AvgIpc) is 2.86. The predicted molar refractivity (Wildman–Crippen MR) is 76.3 cm³/mol. The molecule has 2 fully saturated rings. The van der Waals surface area contributed by atoms with Crippen molar-refractivity contribution < 1.29 is 0 Å². The van der Waals surface area contributed by atoms with Gasteiger partial charge in [-0.15, -0.1) is 5.10 Å². The summed E-state index contributed by atoms with van der Waals surface area (Å²) in [5.74, 6) is 1.53. The summed E-state index contributed by atoms with van der Waals surface area (Å²) in [7, 11) is 2.16. The molecule has 2 aliphatic rings. The van der Waals surface area contributed by atoms with E-state index in [0.717, 1.165) is 50.5 Å². The van der Waals surface area contributed by atoms with Gasteiger partial charge in [-0.1, -0.05) is 0 Å². The number of nitrogens with zero attached hydrogens (tertiary/aromatic N) is 4. The molecule has 2 atom stereocenters. The van der Waals surface area contributed by atoms with Gasteiger partial charge in [0.15, 0.2) is 5.82 Å². The van der Waals surface area contributed by atoms with E-state index < -0.39 is 0 Å². The van der Waals surface area contributed by atoms with Gasteiger partial charge in [0.1, 0.15) is 0 Å². The van der Waals surface area contributed by atoms with Crippen molar-refractivity contribution in [2.45, 2.75) is 31.2 Å². The molecule has 5 heteroatoms. The SMILES string of the molecule is CN1CCC(c2ccc(N3CCCC(N)C3)nn2)C1. The van der Waals surface area contributed by atoms with Crippen molar-refractivity contribution in [3.8, 4) is 0 Å². The summed E-state index contributed by atoms with van der Waals surface area (Å²) < 4.78 is 0. The lowest BCUT2D eigenvalue weighted by atomic mass is 10.0. The summed E-state index contributed by atoms with van der Waals surface area (Å²) in [4.78, 5) is 4.61. The Labute approximate surface area is 114 Å². The van der Waals surface area contributed by atoms with E-state index in [2.05, 4.69) is 39.2 Å². The average molecular weight is 261 g/mol. The van der Waals surface area contributed by atoms with Crippen LogP contribution in [0.5, 0.6) is 0 Å². The number of hydrogen-bond donors (Lipinski definition) is 1. The zero-order chi connectivity index (χ0) is 13.2. The molecule has 104 valence electrons. The Morgan fingerprint density at radius 2 is 2.05 bits per heavy atom. The van der Waals surface area contributed by atoms with E-state index in [1.54, 1.807) is 0 Å². The Bertz CT molecular complexity index is 418. The highest BCUT2D eigenvalue weighted by Gasteiger charge is 2.23. The number of nitrogens with two attached hydrogens (primary N) is 1. The first-order valence-electron chi connectivity index (χ1n) is 7.25. The predicted octanol–water partition coefficient (Wildman–Crippen LogP) is 0.823. The largest absolute Gasteiger partial charge is 0.354 e. The fraction of sp³-hybridized carbons (Fsp3) is 0.714. The number of aromatic nitrogens is 2. The molecule has 1 aromatic heterocycles. The Balaban J connectivity index is 1.68. The van der Waals surface area contributed by atoms with E-state index in [4.69, 9.17) is 5.73 Å². The molecule has 0 bridgehead atoms. The Morgan fingerprint density at radius 1 is 1.16 bits per heavy atom. The summed E-state index contributed by atoms with van der Waals surface area (Å²) in [5, 5.41) is 8.84. The summed E-state index contributed by atoms with van der Waals surface area (Å²) in [6, 6.07) is 4.53. The number of anilines is 1. The summed E-state index contributed by atoms with van der Waals surface area (Å²) >= 11 is 0. The first kappa shape index (κ1) is 12.8. The van der Waals surface area contributed by atoms with E-state index in [9.17, 15) is 0 Å². The van der Waals surface area contributed by atoms with Gasteiger partial charge < -0.3 is 15.5 Å². The van der Waals surface area contributed by atoms with Crippen LogP contribution in [0.3, 0.4) is 0 Å². The molecule has 3 heterocycles. The van der Waals surface area contributed by atoms with Crippen LogP contribution in [-0.4, -0.2) is 54.4 Å². The van der Waals surface area contributed by atoms with Crippen molar-refractivity contribution in [2.24, 2.45) is 5.73 Å². The molecule has 2 unspecified atom stereocenters. The molecule has 0 radical (unpaired) electrons. The fourth-order valence-electron chi connectivity index (χ4n) is 3.12. The maximum absolute atomic E-state index is 6.01. The zero-order valence-corrected chi connectivity index (χ0v) is 11.6. The van der Waals surface area contributed by atoms with E-state index in [-0.39, 0.29) is 6.04 Å². The van der Waals surface area contributed by atoms with Crippen molar-refractivity contribution in [3.05, 3.63) is 17.8 Å².